The fourth-order valence-electron chi connectivity index (χ4n) is 1.31. The van der Waals surface area contributed by atoms with Gasteiger partial charge in [-0.05, 0) is 13.3 Å². The van der Waals surface area contributed by atoms with E-state index >= 15 is 0 Å². The lowest BCUT2D eigenvalue weighted by Crippen LogP contribution is -2.37. The second-order valence-electron chi connectivity index (χ2n) is 3.12. The van der Waals surface area contributed by atoms with Crippen LogP contribution in [0.1, 0.15) is 13.3 Å². The number of hydrogen-bond acceptors (Lipinski definition) is 2. The molecular weight excluding hydrogens is 211 g/mol. The van der Waals surface area contributed by atoms with Gasteiger partial charge in [0.2, 0.25) is 0 Å². The molecule has 0 saturated carbocycles. The summed E-state index contributed by atoms with van der Waals surface area (Å²) in [5.74, 6) is 0. The van der Waals surface area contributed by atoms with Gasteiger partial charge in [-0.15, -0.1) is 0 Å². The highest BCUT2D eigenvalue weighted by atomic mass is 19.4. The first-order valence-corrected chi connectivity index (χ1v) is 4.63. The molecule has 0 aromatic heterocycles. The molecule has 0 aromatic carbocycles. The number of nitrogens with zero attached hydrogens (tertiary/aromatic N) is 1. The monoisotopic (exact) mass is 223 g/mol. The van der Waals surface area contributed by atoms with Crippen molar-refractivity contribution in [2.45, 2.75) is 19.5 Å². The maximum Gasteiger partial charge on any atom is 0.412 e. The summed E-state index contributed by atoms with van der Waals surface area (Å²) in [5.41, 5.74) is -0.567. The highest BCUT2D eigenvalue weighted by molar-refractivity contribution is 5.68. The van der Waals surface area contributed by atoms with Crippen LogP contribution in [0.3, 0.4) is 0 Å². The maximum atomic E-state index is 12.2. The predicted octanol–water partition coefficient (Wildman–Crippen LogP) is 2.34. The molecule has 86 valence electrons. The molecular formula is C9H12F3NO2. The van der Waals surface area contributed by atoms with Gasteiger partial charge < -0.3 is 9.64 Å². The van der Waals surface area contributed by atoms with Crippen LogP contribution in [0.25, 0.3) is 0 Å². The van der Waals surface area contributed by atoms with Gasteiger partial charge in [-0.1, -0.05) is 6.08 Å². The number of alkyl halides is 3. The van der Waals surface area contributed by atoms with E-state index in [1.807, 2.05) is 0 Å². The third-order valence-electron chi connectivity index (χ3n) is 2.10. The fourth-order valence-corrected chi connectivity index (χ4v) is 1.31. The zero-order valence-electron chi connectivity index (χ0n) is 8.30. The molecule has 0 radical (unpaired) electrons. The van der Waals surface area contributed by atoms with Gasteiger partial charge in [0, 0.05) is 18.7 Å². The van der Waals surface area contributed by atoms with E-state index < -0.39 is 17.8 Å². The summed E-state index contributed by atoms with van der Waals surface area (Å²) < 4.78 is 41.3. The standard InChI is InChI=1S/C9H12F3NO2/c1-2-15-8(14)13-5-3-7(4-6-13)9(10,11)12/h3H,2,4-6H2,1H3. The predicted molar refractivity (Wildman–Crippen MR) is 47.4 cm³/mol. The summed E-state index contributed by atoms with van der Waals surface area (Å²) in [4.78, 5) is 12.4. The van der Waals surface area contributed by atoms with Crippen molar-refractivity contribution in [2.75, 3.05) is 19.7 Å². The lowest BCUT2D eigenvalue weighted by Gasteiger charge is -2.26. The SMILES string of the molecule is CCOC(=O)N1CC=C(C(F)(F)F)CC1. The molecule has 0 N–H and O–H groups in total. The molecule has 15 heavy (non-hydrogen) atoms. The van der Waals surface area contributed by atoms with Gasteiger partial charge in [-0.3, -0.25) is 0 Å². The minimum Gasteiger partial charge on any atom is -0.450 e. The van der Waals surface area contributed by atoms with E-state index in [-0.39, 0.29) is 26.1 Å². The van der Waals surface area contributed by atoms with Crippen molar-refractivity contribution in [1.29, 1.82) is 0 Å². The van der Waals surface area contributed by atoms with Crippen molar-refractivity contribution in [3.05, 3.63) is 11.6 Å². The van der Waals surface area contributed by atoms with Crippen molar-refractivity contribution in [3.8, 4) is 0 Å². The topological polar surface area (TPSA) is 29.5 Å². The summed E-state index contributed by atoms with van der Waals surface area (Å²) in [6.07, 6.45) is -3.97. The lowest BCUT2D eigenvalue weighted by molar-refractivity contribution is -0.0958. The molecule has 1 aliphatic heterocycles. The Kier molecular flexibility index (Phi) is 3.60. The molecule has 0 atom stereocenters. The van der Waals surface area contributed by atoms with Gasteiger partial charge in [0.05, 0.1) is 6.61 Å². The van der Waals surface area contributed by atoms with Crippen LogP contribution in [0, 0.1) is 0 Å². The number of hydrogen-bond donors (Lipinski definition) is 0. The van der Waals surface area contributed by atoms with Gasteiger partial charge in [-0.25, -0.2) is 4.79 Å². The van der Waals surface area contributed by atoms with Crippen molar-refractivity contribution in [1.82, 2.24) is 4.90 Å². The minimum atomic E-state index is -4.28. The van der Waals surface area contributed by atoms with Crippen molar-refractivity contribution in [3.63, 3.8) is 0 Å². The van der Waals surface area contributed by atoms with Crippen LogP contribution in [0.2, 0.25) is 0 Å². The summed E-state index contributed by atoms with van der Waals surface area (Å²) in [6, 6.07) is 0. The normalized spacial score (nSPS) is 17.3. The molecule has 1 heterocycles. The molecule has 0 fully saturated rings. The van der Waals surface area contributed by atoms with E-state index in [2.05, 4.69) is 4.74 Å². The second kappa shape index (κ2) is 4.55. The van der Waals surface area contributed by atoms with E-state index in [1.54, 1.807) is 6.92 Å². The number of rotatable bonds is 1. The van der Waals surface area contributed by atoms with Crippen LogP contribution in [0.15, 0.2) is 11.6 Å². The van der Waals surface area contributed by atoms with E-state index in [0.29, 0.717) is 0 Å². The Morgan fingerprint density at radius 2 is 2.27 bits per heavy atom. The quantitative estimate of drug-likeness (QED) is 0.638. The highest BCUT2D eigenvalue weighted by Gasteiger charge is 2.35. The van der Waals surface area contributed by atoms with Crippen molar-refractivity contribution < 1.29 is 22.7 Å². The number of carbonyl (C=O) groups is 1. The van der Waals surface area contributed by atoms with Crippen LogP contribution in [0.5, 0.6) is 0 Å². The summed E-state index contributed by atoms with van der Waals surface area (Å²) in [6.45, 7) is 1.90. The van der Waals surface area contributed by atoms with Gasteiger partial charge in [0.1, 0.15) is 0 Å². The van der Waals surface area contributed by atoms with Gasteiger partial charge in [0.25, 0.3) is 0 Å². The van der Waals surface area contributed by atoms with E-state index in [0.717, 1.165) is 6.08 Å². The third-order valence-corrected chi connectivity index (χ3v) is 2.10. The molecule has 1 aliphatic rings. The summed E-state index contributed by atoms with van der Waals surface area (Å²) in [7, 11) is 0. The smallest absolute Gasteiger partial charge is 0.412 e. The van der Waals surface area contributed by atoms with Crippen LogP contribution in [0.4, 0.5) is 18.0 Å². The Bertz CT molecular complexity index is 273. The molecule has 3 nitrogen and oxygen atoms in total. The number of ether oxygens (including phenoxy) is 1. The zero-order valence-corrected chi connectivity index (χ0v) is 8.30. The molecule has 1 rings (SSSR count). The first-order chi connectivity index (χ1) is 6.95. The zero-order chi connectivity index (χ0) is 11.5. The van der Waals surface area contributed by atoms with Gasteiger partial charge in [0.15, 0.2) is 0 Å². The number of carbonyl (C=O) groups excluding carboxylic acids is 1. The average molecular weight is 223 g/mol. The molecule has 0 aromatic rings. The summed E-state index contributed by atoms with van der Waals surface area (Å²) in [5, 5.41) is 0. The van der Waals surface area contributed by atoms with Gasteiger partial charge in [-0.2, -0.15) is 13.2 Å². The second-order valence-corrected chi connectivity index (χ2v) is 3.12. The van der Waals surface area contributed by atoms with Crippen LogP contribution in [-0.4, -0.2) is 36.9 Å². The molecule has 0 unspecified atom stereocenters. The third kappa shape index (κ3) is 3.14. The Morgan fingerprint density at radius 1 is 1.60 bits per heavy atom. The largest absolute Gasteiger partial charge is 0.450 e. The van der Waals surface area contributed by atoms with Crippen LogP contribution >= 0.6 is 0 Å². The van der Waals surface area contributed by atoms with Crippen LogP contribution in [-0.2, 0) is 4.74 Å². The Morgan fingerprint density at radius 3 is 2.67 bits per heavy atom. The molecule has 1 amide bonds. The molecule has 0 spiro atoms. The molecule has 0 saturated heterocycles. The molecule has 6 heteroatoms. The summed E-state index contributed by atoms with van der Waals surface area (Å²) >= 11 is 0. The maximum absolute atomic E-state index is 12.2. The lowest BCUT2D eigenvalue weighted by atomic mass is 10.1. The van der Waals surface area contributed by atoms with Crippen molar-refractivity contribution in [2.24, 2.45) is 0 Å². The van der Waals surface area contributed by atoms with E-state index in [4.69, 9.17) is 0 Å². The highest BCUT2D eigenvalue weighted by Crippen LogP contribution is 2.30. The van der Waals surface area contributed by atoms with E-state index in [9.17, 15) is 18.0 Å². The van der Waals surface area contributed by atoms with Crippen molar-refractivity contribution >= 4 is 6.09 Å². The Labute approximate surface area is 85.5 Å². The molecule has 0 bridgehead atoms. The number of amides is 1. The average Bonchev–Trinajstić information content (AvgIpc) is 2.17. The Balaban J connectivity index is 2.54. The Hall–Kier alpha value is -1.20. The van der Waals surface area contributed by atoms with E-state index in [1.165, 1.54) is 4.90 Å². The minimum absolute atomic E-state index is 0.0341. The fraction of sp³-hybridized carbons (Fsp3) is 0.667. The molecule has 0 aliphatic carbocycles. The van der Waals surface area contributed by atoms with Gasteiger partial charge >= 0.3 is 12.3 Å². The first kappa shape index (κ1) is 11.9. The first-order valence-electron chi connectivity index (χ1n) is 4.63. The van der Waals surface area contributed by atoms with Crippen LogP contribution < -0.4 is 0 Å². The number of halogens is 3.